The molecule has 0 bridgehead atoms. The Hall–Kier alpha value is -2.34. The summed E-state index contributed by atoms with van der Waals surface area (Å²) < 4.78 is 38.9. The average molecular weight is 379 g/mol. The highest BCUT2D eigenvalue weighted by molar-refractivity contribution is 5.94. The maximum Gasteiger partial charge on any atom is 0.421 e. The van der Waals surface area contributed by atoms with E-state index in [1.807, 2.05) is 37.3 Å². The topological polar surface area (TPSA) is 40.5 Å². The van der Waals surface area contributed by atoms with Crippen LogP contribution in [0.3, 0.4) is 0 Å². The Morgan fingerprint density at radius 2 is 1.63 bits per heavy atom. The van der Waals surface area contributed by atoms with Crippen LogP contribution in [0.25, 0.3) is 0 Å². The monoisotopic (exact) mass is 379 g/mol. The van der Waals surface area contributed by atoms with Gasteiger partial charge in [0.2, 0.25) is 0 Å². The molecule has 2 aromatic carbocycles. The third-order valence-electron chi connectivity index (χ3n) is 4.53. The van der Waals surface area contributed by atoms with Gasteiger partial charge in [0, 0.05) is 18.7 Å². The number of alkyl halides is 3. The number of nitrogens with zero attached hydrogens (tertiary/aromatic N) is 1. The van der Waals surface area contributed by atoms with E-state index in [1.54, 1.807) is 4.90 Å². The normalized spacial score (nSPS) is 13.9. The molecule has 0 radical (unpaired) electrons. The van der Waals surface area contributed by atoms with Crippen molar-refractivity contribution in [1.29, 1.82) is 0 Å². The van der Waals surface area contributed by atoms with Gasteiger partial charge in [-0.2, -0.15) is 13.2 Å². The zero-order valence-corrected chi connectivity index (χ0v) is 15.5. The van der Waals surface area contributed by atoms with Crippen LogP contribution in [0.4, 0.5) is 13.2 Å². The Morgan fingerprint density at radius 1 is 1.04 bits per heavy atom. The molecule has 1 N–H and O–H groups in total. The first-order valence-electron chi connectivity index (χ1n) is 8.89. The van der Waals surface area contributed by atoms with Crippen LogP contribution in [0.15, 0.2) is 54.6 Å². The van der Waals surface area contributed by atoms with Gasteiger partial charge in [0.1, 0.15) is 0 Å². The number of aliphatic hydroxyl groups is 1. The Kier molecular flexibility index (Phi) is 6.65. The van der Waals surface area contributed by atoms with Gasteiger partial charge in [0.25, 0.3) is 5.91 Å². The highest BCUT2D eigenvalue weighted by Crippen LogP contribution is 2.38. The number of benzene rings is 2. The molecule has 0 aliphatic carbocycles. The van der Waals surface area contributed by atoms with E-state index < -0.39 is 11.8 Å². The predicted octanol–water partition coefficient (Wildman–Crippen LogP) is 4.90. The first kappa shape index (κ1) is 21.0. The molecule has 27 heavy (non-hydrogen) atoms. The van der Waals surface area contributed by atoms with Gasteiger partial charge < -0.3 is 10.0 Å². The molecule has 3 nitrogen and oxygen atoms in total. The summed E-state index contributed by atoms with van der Waals surface area (Å²) in [5, 5.41) is 9.75. The molecule has 0 aliphatic heterocycles. The van der Waals surface area contributed by atoms with Crippen LogP contribution in [0.1, 0.15) is 48.2 Å². The number of amides is 1. The smallest absolute Gasteiger partial charge is 0.376 e. The number of halogens is 3. The summed E-state index contributed by atoms with van der Waals surface area (Å²) >= 11 is 0. The zero-order valence-electron chi connectivity index (χ0n) is 15.5. The minimum atomic E-state index is -4.79. The summed E-state index contributed by atoms with van der Waals surface area (Å²) in [5.74, 6) is -0.245. The molecule has 0 saturated heterocycles. The van der Waals surface area contributed by atoms with Crippen molar-refractivity contribution in [3.05, 3.63) is 71.3 Å². The number of carbonyl (C=O) groups is 1. The summed E-state index contributed by atoms with van der Waals surface area (Å²) in [7, 11) is 0. The molecule has 2 rings (SSSR count). The molecule has 0 aromatic heterocycles. The number of rotatable bonds is 7. The van der Waals surface area contributed by atoms with Crippen molar-refractivity contribution in [3.8, 4) is 0 Å². The van der Waals surface area contributed by atoms with Crippen molar-refractivity contribution >= 4 is 5.91 Å². The number of hydrogen-bond donors (Lipinski definition) is 1. The average Bonchev–Trinajstić information content (AvgIpc) is 2.64. The quantitative estimate of drug-likeness (QED) is 0.743. The van der Waals surface area contributed by atoms with Crippen molar-refractivity contribution in [2.24, 2.45) is 0 Å². The highest BCUT2D eigenvalue weighted by Gasteiger charge is 2.51. The van der Waals surface area contributed by atoms with Gasteiger partial charge in [-0.25, -0.2) is 0 Å². The standard InChI is InChI=1S/C21H24F3NO2/c1-3-4-14-25(15-16-8-6-5-7-9-16)19(26)17-10-12-18(13-11-17)20(2,27)21(22,23)24/h5-13,27H,3-4,14-15H2,1-2H3. The molecule has 146 valence electrons. The minimum absolute atomic E-state index is 0.245. The Labute approximate surface area is 157 Å². The fraction of sp³-hybridized carbons (Fsp3) is 0.381. The van der Waals surface area contributed by atoms with Gasteiger partial charge in [-0.1, -0.05) is 55.8 Å². The predicted molar refractivity (Wildman–Crippen MR) is 98.2 cm³/mol. The fourth-order valence-electron chi connectivity index (χ4n) is 2.69. The van der Waals surface area contributed by atoms with Gasteiger partial charge in [-0.3, -0.25) is 4.79 Å². The lowest BCUT2D eigenvalue weighted by Crippen LogP contribution is -2.39. The lowest BCUT2D eigenvalue weighted by atomic mass is 9.94. The number of hydrogen-bond acceptors (Lipinski definition) is 2. The van der Waals surface area contributed by atoms with E-state index in [2.05, 4.69) is 0 Å². The lowest BCUT2D eigenvalue weighted by Gasteiger charge is -2.27. The van der Waals surface area contributed by atoms with E-state index in [4.69, 9.17) is 0 Å². The van der Waals surface area contributed by atoms with E-state index in [0.717, 1.165) is 30.5 Å². The van der Waals surface area contributed by atoms with Crippen LogP contribution in [0.5, 0.6) is 0 Å². The van der Waals surface area contributed by atoms with Gasteiger partial charge >= 0.3 is 6.18 Å². The van der Waals surface area contributed by atoms with Gasteiger partial charge in [-0.05, 0) is 36.6 Å². The van der Waals surface area contributed by atoms with Crippen LogP contribution < -0.4 is 0 Å². The summed E-state index contributed by atoms with van der Waals surface area (Å²) in [5.41, 5.74) is -1.97. The van der Waals surface area contributed by atoms with Crippen LogP contribution in [0, 0.1) is 0 Å². The van der Waals surface area contributed by atoms with Crippen molar-refractivity contribution < 1.29 is 23.1 Å². The summed E-state index contributed by atoms with van der Waals surface area (Å²) in [6.45, 7) is 3.72. The zero-order chi connectivity index (χ0) is 20.1. The second-order valence-electron chi connectivity index (χ2n) is 6.71. The molecule has 0 fully saturated rings. The molecule has 0 heterocycles. The molecular formula is C21H24F3NO2. The van der Waals surface area contributed by atoms with Crippen LogP contribution >= 0.6 is 0 Å². The minimum Gasteiger partial charge on any atom is -0.376 e. The maximum absolute atomic E-state index is 13.0. The van der Waals surface area contributed by atoms with Crippen LogP contribution in [-0.2, 0) is 12.1 Å². The molecule has 2 aromatic rings. The van der Waals surface area contributed by atoms with E-state index in [0.29, 0.717) is 25.6 Å². The third kappa shape index (κ3) is 5.10. The summed E-state index contributed by atoms with van der Waals surface area (Å²) in [6, 6.07) is 14.5. The molecule has 1 amide bonds. The Bertz CT molecular complexity index is 740. The molecular weight excluding hydrogens is 355 g/mol. The largest absolute Gasteiger partial charge is 0.421 e. The fourth-order valence-corrected chi connectivity index (χ4v) is 2.69. The molecule has 0 saturated carbocycles. The van der Waals surface area contributed by atoms with Crippen LogP contribution in [-0.4, -0.2) is 28.6 Å². The molecule has 6 heteroatoms. The van der Waals surface area contributed by atoms with Crippen molar-refractivity contribution in [2.45, 2.75) is 45.0 Å². The van der Waals surface area contributed by atoms with Gasteiger partial charge in [0.15, 0.2) is 5.60 Å². The van der Waals surface area contributed by atoms with Gasteiger partial charge in [-0.15, -0.1) is 0 Å². The lowest BCUT2D eigenvalue weighted by molar-refractivity contribution is -0.258. The first-order valence-corrected chi connectivity index (χ1v) is 8.89. The number of carbonyl (C=O) groups excluding carboxylic acids is 1. The molecule has 1 atom stereocenters. The third-order valence-corrected chi connectivity index (χ3v) is 4.53. The Balaban J connectivity index is 2.22. The number of unbranched alkanes of at least 4 members (excludes halogenated alkanes) is 1. The van der Waals surface area contributed by atoms with E-state index in [9.17, 15) is 23.1 Å². The maximum atomic E-state index is 13.0. The molecule has 0 spiro atoms. The van der Waals surface area contributed by atoms with Crippen molar-refractivity contribution in [2.75, 3.05) is 6.54 Å². The highest BCUT2D eigenvalue weighted by atomic mass is 19.4. The van der Waals surface area contributed by atoms with Gasteiger partial charge in [0.05, 0.1) is 0 Å². The second kappa shape index (κ2) is 8.57. The van der Waals surface area contributed by atoms with Crippen molar-refractivity contribution in [3.63, 3.8) is 0 Å². The second-order valence-corrected chi connectivity index (χ2v) is 6.71. The van der Waals surface area contributed by atoms with E-state index in [1.165, 1.54) is 12.1 Å². The first-order chi connectivity index (χ1) is 12.7. The molecule has 1 unspecified atom stereocenters. The van der Waals surface area contributed by atoms with E-state index >= 15 is 0 Å². The van der Waals surface area contributed by atoms with E-state index in [-0.39, 0.29) is 11.5 Å². The SMILES string of the molecule is CCCCN(Cc1ccccc1)C(=O)c1ccc(C(C)(O)C(F)(F)F)cc1. The van der Waals surface area contributed by atoms with Crippen LogP contribution in [0.2, 0.25) is 0 Å². The Morgan fingerprint density at radius 3 is 2.15 bits per heavy atom. The molecule has 0 aliphatic rings. The summed E-state index contributed by atoms with van der Waals surface area (Å²) in [6.07, 6.45) is -3.04. The van der Waals surface area contributed by atoms with Crippen molar-refractivity contribution in [1.82, 2.24) is 4.90 Å². The summed E-state index contributed by atoms with van der Waals surface area (Å²) in [4.78, 5) is 14.5.